The number of allylic oxidation sites excluding steroid dienone is 3. The number of carbonyl (C=O) groups is 2. The number of aliphatic hydroxyl groups is 1. The van der Waals surface area contributed by atoms with Crippen LogP contribution in [0.5, 0.6) is 0 Å². The first-order chi connectivity index (χ1) is 12.0. The van der Waals surface area contributed by atoms with Crippen LogP contribution in [0.25, 0.3) is 0 Å². The molecule has 0 spiro atoms. The van der Waals surface area contributed by atoms with E-state index in [0.717, 1.165) is 19.3 Å². The summed E-state index contributed by atoms with van der Waals surface area (Å²) < 4.78 is 4.99. The zero-order valence-electron chi connectivity index (χ0n) is 17.1. The average Bonchev–Trinajstić information content (AvgIpc) is 2.51. The Morgan fingerprint density at radius 3 is 2.62 bits per heavy atom. The summed E-state index contributed by atoms with van der Waals surface area (Å²) in [6.45, 7) is 12.3. The first kappa shape index (κ1) is 20.9. The molecule has 0 aromatic carbocycles. The van der Waals surface area contributed by atoms with E-state index < -0.39 is 11.5 Å². The third-order valence-electron chi connectivity index (χ3n) is 6.83. The molecule has 0 saturated heterocycles. The van der Waals surface area contributed by atoms with Crippen LogP contribution in [0.2, 0.25) is 0 Å². The molecule has 0 aliphatic heterocycles. The van der Waals surface area contributed by atoms with Gasteiger partial charge in [0.15, 0.2) is 5.78 Å². The van der Waals surface area contributed by atoms with E-state index >= 15 is 0 Å². The highest BCUT2D eigenvalue weighted by Gasteiger charge is 2.57. The molecule has 1 N–H and O–H groups in total. The van der Waals surface area contributed by atoms with Gasteiger partial charge in [0.05, 0.1) is 0 Å². The van der Waals surface area contributed by atoms with Gasteiger partial charge in [-0.1, -0.05) is 38.0 Å². The molecule has 0 radical (unpaired) electrons. The van der Waals surface area contributed by atoms with Crippen molar-refractivity contribution in [2.75, 3.05) is 6.61 Å². The molecule has 2 rings (SSSR count). The second-order valence-electron chi connectivity index (χ2n) is 9.05. The van der Waals surface area contributed by atoms with Crippen molar-refractivity contribution in [2.45, 2.75) is 73.3 Å². The van der Waals surface area contributed by atoms with E-state index in [4.69, 9.17) is 4.74 Å². The monoisotopic (exact) mass is 362 g/mol. The Morgan fingerprint density at radius 1 is 1.35 bits per heavy atom. The summed E-state index contributed by atoms with van der Waals surface area (Å²) in [6.07, 6.45) is 6.67. The summed E-state index contributed by atoms with van der Waals surface area (Å²) in [5, 5.41) is 10.5. The predicted octanol–water partition coefficient (Wildman–Crippen LogP) is 4.22. The van der Waals surface area contributed by atoms with Crippen molar-refractivity contribution in [2.24, 2.45) is 22.7 Å². The lowest BCUT2D eigenvalue weighted by Gasteiger charge is -2.57. The van der Waals surface area contributed by atoms with Crippen LogP contribution in [-0.2, 0) is 14.3 Å². The summed E-state index contributed by atoms with van der Waals surface area (Å²) >= 11 is 0. The van der Waals surface area contributed by atoms with E-state index in [2.05, 4.69) is 26.8 Å². The number of ether oxygens (including phenoxy) is 1. The quantitative estimate of drug-likeness (QED) is 0.587. The fourth-order valence-electron chi connectivity index (χ4n) is 5.29. The zero-order chi connectivity index (χ0) is 19.7. The summed E-state index contributed by atoms with van der Waals surface area (Å²) in [6, 6.07) is 0. The van der Waals surface area contributed by atoms with Crippen molar-refractivity contribution in [3.63, 3.8) is 0 Å². The van der Waals surface area contributed by atoms with E-state index in [-0.39, 0.29) is 17.2 Å². The average molecular weight is 363 g/mol. The van der Waals surface area contributed by atoms with Gasteiger partial charge < -0.3 is 9.84 Å². The summed E-state index contributed by atoms with van der Waals surface area (Å²) in [5.74, 6) is 0.336. The lowest BCUT2D eigenvalue weighted by Crippen LogP contribution is -2.58. The van der Waals surface area contributed by atoms with Crippen LogP contribution in [-0.4, -0.2) is 29.6 Å². The molecular weight excluding hydrogens is 328 g/mol. The second kappa shape index (κ2) is 7.67. The molecule has 2 aliphatic carbocycles. The van der Waals surface area contributed by atoms with Gasteiger partial charge in [0.1, 0.15) is 12.7 Å². The van der Waals surface area contributed by atoms with Crippen LogP contribution in [0.1, 0.15) is 67.2 Å². The molecule has 1 fully saturated rings. The van der Waals surface area contributed by atoms with Crippen molar-refractivity contribution in [1.29, 1.82) is 0 Å². The highest BCUT2D eigenvalue weighted by molar-refractivity contribution is 5.85. The lowest BCUT2D eigenvalue weighted by atomic mass is 9.47. The van der Waals surface area contributed by atoms with Gasteiger partial charge >= 0.3 is 5.97 Å². The van der Waals surface area contributed by atoms with E-state index in [1.165, 1.54) is 18.1 Å². The Bertz CT molecular complexity index is 628. The molecule has 4 nitrogen and oxygen atoms in total. The van der Waals surface area contributed by atoms with Gasteiger partial charge in [-0.3, -0.25) is 9.59 Å². The van der Waals surface area contributed by atoms with Crippen molar-refractivity contribution in [3.8, 4) is 0 Å². The Balaban J connectivity index is 2.17. The Hall–Kier alpha value is -1.42. The standard InChI is InChI=1S/C22H34O4/c1-14(11-12-26-16(3)23)7-9-17-15(2)8-10-19-21(4,5)20(25)18(24)13-22(17,19)6/h8,11,17,19-20,25H,7,9-10,12-13H2,1-6H3. The van der Waals surface area contributed by atoms with Gasteiger partial charge in [0.2, 0.25) is 0 Å². The number of carbonyl (C=O) groups excluding carboxylic acids is 2. The van der Waals surface area contributed by atoms with Crippen LogP contribution in [0.15, 0.2) is 23.3 Å². The number of aliphatic hydroxyl groups excluding tert-OH is 1. The highest BCUT2D eigenvalue weighted by Crippen LogP contribution is 2.59. The van der Waals surface area contributed by atoms with Crippen LogP contribution in [0.4, 0.5) is 0 Å². The summed E-state index contributed by atoms with van der Waals surface area (Å²) in [5.41, 5.74) is 2.04. The van der Waals surface area contributed by atoms with E-state index in [1.54, 1.807) is 0 Å². The number of Topliss-reactive ketones (excluding diaryl/α,β-unsaturated/α-hetero) is 1. The van der Waals surface area contributed by atoms with Crippen molar-refractivity contribution in [3.05, 3.63) is 23.3 Å². The number of hydrogen-bond donors (Lipinski definition) is 1. The van der Waals surface area contributed by atoms with Gasteiger partial charge in [0, 0.05) is 18.8 Å². The molecular formula is C22H34O4. The van der Waals surface area contributed by atoms with Crippen LogP contribution in [0, 0.1) is 22.7 Å². The zero-order valence-corrected chi connectivity index (χ0v) is 17.1. The first-order valence-electron chi connectivity index (χ1n) is 9.66. The molecule has 0 aromatic heterocycles. The number of ketones is 1. The minimum absolute atomic E-state index is 0.0180. The van der Waals surface area contributed by atoms with E-state index in [9.17, 15) is 14.7 Å². The van der Waals surface area contributed by atoms with Crippen molar-refractivity contribution < 1.29 is 19.4 Å². The Kier molecular flexibility index (Phi) is 6.17. The van der Waals surface area contributed by atoms with Gasteiger partial charge in [-0.05, 0) is 56.4 Å². The highest BCUT2D eigenvalue weighted by atomic mass is 16.5. The topological polar surface area (TPSA) is 63.6 Å². The number of fused-ring (bicyclic) bond motifs is 1. The molecule has 4 atom stereocenters. The normalized spacial score (nSPS) is 34.1. The maximum Gasteiger partial charge on any atom is 0.302 e. The predicted molar refractivity (Wildman–Crippen MR) is 102 cm³/mol. The third-order valence-corrected chi connectivity index (χ3v) is 6.83. The molecule has 1 saturated carbocycles. The first-order valence-corrected chi connectivity index (χ1v) is 9.66. The Morgan fingerprint density at radius 2 is 2.00 bits per heavy atom. The molecule has 0 bridgehead atoms. The molecule has 4 unspecified atom stereocenters. The minimum atomic E-state index is -0.863. The van der Waals surface area contributed by atoms with Crippen LogP contribution in [0.3, 0.4) is 0 Å². The fraction of sp³-hybridized carbons (Fsp3) is 0.727. The molecule has 4 heteroatoms. The van der Waals surface area contributed by atoms with Crippen LogP contribution >= 0.6 is 0 Å². The third kappa shape index (κ3) is 3.95. The number of hydrogen-bond acceptors (Lipinski definition) is 4. The van der Waals surface area contributed by atoms with Gasteiger partial charge in [-0.25, -0.2) is 0 Å². The van der Waals surface area contributed by atoms with Crippen molar-refractivity contribution in [1.82, 2.24) is 0 Å². The van der Waals surface area contributed by atoms with E-state index in [0.29, 0.717) is 24.9 Å². The molecule has 26 heavy (non-hydrogen) atoms. The van der Waals surface area contributed by atoms with Gasteiger partial charge in [-0.2, -0.15) is 0 Å². The van der Waals surface area contributed by atoms with Crippen LogP contribution < -0.4 is 0 Å². The maximum atomic E-state index is 12.5. The SMILES string of the molecule is CC(=O)OCC=C(C)CCC1C(C)=CCC2C(C)(C)C(O)C(=O)CC12C. The largest absolute Gasteiger partial charge is 0.462 e. The van der Waals surface area contributed by atoms with E-state index in [1.807, 2.05) is 19.9 Å². The molecule has 0 heterocycles. The number of rotatable bonds is 5. The Labute approximate surface area is 157 Å². The fourth-order valence-corrected chi connectivity index (χ4v) is 5.29. The molecule has 0 aromatic rings. The van der Waals surface area contributed by atoms with Gasteiger partial charge in [-0.15, -0.1) is 0 Å². The number of esters is 1. The molecule has 0 amide bonds. The lowest BCUT2D eigenvalue weighted by molar-refractivity contribution is -0.159. The molecule has 146 valence electrons. The smallest absolute Gasteiger partial charge is 0.302 e. The summed E-state index contributed by atoms with van der Waals surface area (Å²) in [4.78, 5) is 23.4. The summed E-state index contributed by atoms with van der Waals surface area (Å²) in [7, 11) is 0. The molecule has 2 aliphatic rings. The maximum absolute atomic E-state index is 12.5. The van der Waals surface area contributed by atoms with Gasteiger partial charge in [0.25, 0.3) is 0 Å². The second-order valence-corrected chi connectivity index (χ2v) is 9.05. The van der Waals surface area contributed by atoms with Crippen molar-refractivity contribution >= 4 is 11.8 Å². The minimum Gasteiger partial charge on any atom is -0.462 e.